The average Bonchev–Trinajstić information content (AvgIpc) is 3.15. The molecule has 2 aliphatic rings. The number of rotatable bonds is 4. The number of likely N-dealkylation sites (tertiary alicyclic amines) is 1. The number of benzene rings is 2. The Morgan fingerprint density at radius 3 is 2.57 bits per heavy atom. The van der Waals surface area contributed by atoms with Crippen LogP contribution < -0.4 is 0 Å². The van der Waals surface area contributed by atoms with Gasteiger partial charge in [-0.2, -0.15) is 0 Å². The summed E-state index contributed by atoms with van der Waals surface area (Å²) in [6.45, 7) is 3.93. The lowest BCUT2D eigenvalue weighted by Gasteiger charge is -2.31. The lowest BCUT2D eigenvalue weighted by atomic mass is 9.95. The van der Waals surface area contributed by atoms with Gasteiger partial charge in [0, 0.05) is 40.2 Å². The van der Waals surface area contributed by atoms with Gasteiger partial charge in [-0.3, -0.25) is 4.21 Å². The van der Waals surface area contributed by atoms with Crippen LogP contribution in [0.5, 0.6) is 0 Å². The monoisotopic (exact) mass is 440 g/mol. The highest BCUT2D eigenvalue weighted by atomic mass is 35.5. The van der Waals surface area contributed by atoms with Crippen molar-refractivity contribution in [1.29, 1.82) is 0 Å². The number of piperidine rings is 1. The van der Waals surface area contributed by atoms with Crippen molar-refractivity contribution in [3.63, 3.8) is 0 Å². The second-order valence-corrected chi connectivity index (χ2v) is 10.0. The zero-order valence-corrected chi connectivity index (χ0v) is 18.4. The Kier molecular flexibility index (Phi) is 5.72. The maximum Gasteiger partial charge on any atom is 0.165 e. The van der Waals surface area contributed by atoms with Crippen molar-refractivity contribution in [1.82, 2.24) is 19.7 Å². The molecule has 0 aliphatic carbocycles. The number of hydrogen-bond donors (Lipinski definition) is 0. The van der Waals surface area contributed by atoms with E-state index in [1.54, 1.807) is 0 Å². The maximum atomic E-state index is 12.6. The fraction of sp³-hybridized carbons (Fsp3) is 0.391. The molecule has 0 radical (unpaired) electrons. The van der Waals surface area contributed by atoms with E-state index in [1.807, 2.05) is 36.4 Å². The molecule has 1 fully saturated rings. The van der Waals surface area contributed by atoms with Crippen LogP contribution in [0.3, 0.4) is 0 Å². The van der Waals surface area contributed by atoms with Gasteiger partial charge in [0.1, 0.15) is 5.82 Å². The lowest BCUT2D eigenvalue weighted by Crippen LogP contribution is -2.35. The third-order valence-electron chi connectivity index (χ3n) is 6.24. The Hall–Kier alpha value is -2.02. The van der Waals surface area contributed by atoms with Crippen LogP contribution in [0, 0.1) is 0 Å². The summed E-state index contributed by atoms with van der Waals surface area (Å²) in [6.07, 6.45) is 3.22. The van der Waals surface area contributed by atoms with Crippen molar-refractivity contribution in [2.75, 3.05) is 25.4 Å². The van der Waals surface area contributed by atoms with E-state index in [0.717, 1.165) is 72.6 Å². The third kappa shape index (κ3) is 3.96. The maximum absolute atomic E-state index is 12.6. The zero-order valence-electron chi connectivity index (χ0n) is 16.8. The van der Waals surface area contributed by atoms with Crippen LogP contribution in [0.1, 0.15) is 30.1 Å². The van der Waals surface area contributed by atoms with Crippen LogP contribution in [0.15, 0.2) is 53.4 Å². The first-order chi connectivity index (χ1) is 14.7. The highest BCUT2D eigenvalue weighted by Gasteiger charge is 2.29. The topological polar surface area (TPSA) is 51.0 Å². The van der Waals surface area contributed by atoms with Crippen LogP contribution >= 0.6 is 11.6 Å². The molecule has 3 heterocycles. The Morgan fingerprint density at radius 2 is 1.77 bits per heavy atom. The van der Waals surface area contributed by atoms with E-state index in [4.69, 9.17) is 11.6 Å². The molecule has 0 bridgehead atoms. The van der Waals surface area contributed by atoms with Gasteiger partial charge in [0.2, 0.25) is 0 Å². The molecule has 30 heavy (non-hydrogen) atoms. The summed E-state index contributed by atoms with van der Waals surface area (Å²) in [7, 11) is -0.984. The predicted molar refractivity (Wildman–Crippen MR) is 120 cm³/mol. The molecule has 2 aromatic carbocycles. The molecule has 1 saturated heterocycles. The molecule has 0 spiro atoms. The summed E-state index contributed by atoms with van der Waals surface area (Å²) in [4.78, 5) is 3.42. The van der Waals surface area contributed by atoms with E-state index in [2.05, 4.69) is 31.8 Å². The summed E-state index contributed by atoms with van der Waals surface area (Å²) < 4.78 is 14.9. The standard InChI is InChI=1S/C23H25ClN4OS/c24-19-7-5-17(6-8-19)9-12-27-13-10-18(11-14-27)22-25-26-23-20-3-1-2-4-21(20)30(29)16-15-28(22)23/h1-8,18H,9-16H2. The highest BCUT2D eigenvalue weighted by molar-refractivity contribution is 7.85. The van der Waals surface area contributed by atoms with Gasteiger partial charge in [-0.1, -0.05) is 35.9 Å². The van der Waals surface area contributed by atoms with Crippen molar-refractivity contribution in [3.8, 4) is 11.4 Å². The van der Waals surface area contributed by atoms with Crippen LogP contribution in [-0.2, 0) is 23.8 Å². The van der Waals surface area contributed by atoms with Crippen LogP contribution in [0.2, 0.25) is 5.02 Å². The van der Waals surface area contributed by atoms with E-state index in [-0.39, 0.29) is 0 Å². The van der Waals surface area contributed by atoms with Crippen molar-refractivity contribution in [3.05, 3.63) is 64.9 Å². The Morgan fingerprint density at radius 1 is 1.00 bits per heavy atom. The van der Waals surface area contributed by atoms with Crippen LogP contribution in [0.4, 0.5) is 0 Å². The van der Waals surface area contributed by atoms with Gasteiger partial charge in [-0.15, -0.1) is 10.2 Å². The van der Waals surface area contributed by atoms with E-state index in [0.29, 0.717) is 11.7 Å². The molecule has 0 amide bonds. The van der Waals surface area contributed by atoms with Gasteiger partial charge in [-0.25, -0.2) is 0 Å². The van der Waals surface area contributed by atoms with E-state index in [1.165, 1.54) is 5.56 Å². The minimum atomic E-state index is -0.984. The van der Waals surface area contributed by atoms with E-state index >= 15 is 0 Å². The van der Waals surface area contributed by atoms with Crippen molar-refractivity contribution < 1.29 is 4.21 Å². The second-order valence-electron chi connectivity index (χ2n) is 8.07. The van der Waals surface area contributed by atoms with Gasteiger partial charge in [0.25, 0.3) is 0 Å². The van der Waals surface area contributed by atoms with Gasteiger partial charge in [0.05, 0.1) is 10.8 Å². The first-order valence-electron chi connectivity index (χ1n) is 10.6. The predicted octanol–water partition coefficient (Wildman–Crippen LogP) is 4.14. The molecule has 1 unspecified atom stereocenters. The molecule has 156 valence electrons. The van der Waals surface area contributed by atoms with Gasteiger partial charge in [0.15, 0.2) is 5.82 Å². The van der Waals surface area contributed by atoms with Crippen molar-refractivity contribution >= 4 is 22.4 Å². The SMILES string of the molecule is O=S1CCn2c(nnc2C2CCN(CCc3ccc(Cl)cc3)CC2)-c2ccccc21. The van der Waals surface area contributed by atoms with E-state index < -0.39 is 10.8 Å². The number of fused-ring (bicyclic) bond motifs is 3. The molecule has 0 N–H and O–H groups in total. The molecule has 5 rings (SSSR count). The molecule has 1 atom stereocenters. The summed E-state index contributed by atoms with van der Waals surface area (Å²) in [5.74, 6) is 2.97. The molecule has 5 nitrogen and oxygen atoms in total. The number of nitrogens with zero attached hydrogens (tertiary/aromatic N) is 4. The molecule has 0 saturated carbocycles. The number of halogens is 1. The van der Waals surface area contributed by atoms with Gasteiger partial charge in [-0.05, 0) is 62.2 Å². The molecule has 2 aliphatic heterocycles. The molecule has 7 heteroatoms. The Balaban J connectivity index is 1.26. The third-order valence-corrected chi connectivity index (χ3v) is 7.89. The quantitative estimate of drug-likeness (QED) is 0.611. The van der Waals surface area contributed by atoms with E-state index in [9.17, 15) is 4.21 Å². The van der Waals surface area contributed by atoms with Gasteiger partial charge < -0.3 is 9.47 Å². The molecular formula is C23H25ClN4OS. The smallest absolute Gasteiger partial charge is 0.165 e. The fourth-order valence-corrected chi connectivity index (χ4v) is 5.85. The minimum Gasteiger partial charge on any atom is -0.310 e. The first-order valence-corrected chi connectivity index (χ1v) is 12.3. The van der Waals surface area contributed by atoms with Crippen LogP contribution in [0.25, 0.3) is 11.4 Å². The molecule has 3 aromatic rings. The highest BCUT2D eigenvalue weighted by Crippen LogP contribution is 2.33. The lowest BCUT2D eigenvalue weighted by molar-refractivity contribution is 0.210. The molecule has 1 aromatic heterocycles. The van der Waals surface area contributed by atoms with Crippen LogP contribution in [-0.4, -0.2) is 49.3 Å². The average molecular weight is 441 g/mol. The number of hydrogen-bond acceptors (Lipinski definition) is 4. The largest absolute Gasteiger partial charge is 0.310 e. The second kappa shape index (κ2) is 8.61. The first kappa shape index (κ1) is 19.9. The fourth-order valence-electron chi connectivity index (χ4n) is 4.52. The molecular weight excluding hydrogens is 416 g/mol. The summed E-state index contributed by atoms with van der Waals surface area (Å²) in [5, 5.41) is 9.91. The Labute approximate surface area is 184 Å². The van der Waals surface area contributed by atoms with Crippen molar-refractivity contribution in [2.45, 2.75) is 36.6 Å². The van der Waals surface area contributed by atoms with Crippen molar-refractivity contribution in [2.24, 2.45) is 0 Å². The number of aromatic nitrogens is 3. The zero-order chi connectivity index (χ0) is 20.5. The summed E-state index contributed by atoms with van der Waals surface area (Å²) in [5.41, 5.74) is 2.29. The Bertz CT molecular complexity index is 1060. The minimum absolute atomic E-state index is 0.414. The normalized spacial score (nSPS) is 19.8. The summed E-state index contributed by atoms with van der Waals surface area (Å²) >= 11 is 5.98. The summed E-state index contributed by atoms with van der Waals surface area (Å²) in [6, 6.07) is 16.1. The van der Waals surface area contributed by atoms with Gasteiger partial charge >= 0.3 is 0 Å².